The zero-order valence-corrected chi connectivity index (χ0v) is 8.34. The van der Waals surface area contributed by atoms with Crippen molar-refractivity contribution in [2.45, 2.75) is 12.5 Å². The second-order valence-corrected chi connectivity index (χ2v) is 2.13. The first-order chi connectivity index (χ1) is 4.79. The Labute approximate surface area is 87.4 Å². The fraction of sp³-hybridized carbons (Fsp3) is 1.00. The summed E-state index contributed by atoms with van der Waals surface area (Å²) in [7, 11) is 0. The molecule has 6 nitrogen and oxygen atoms in total. The summed E-state index contributed by atoms with van der Waals surface area (Å²) in [5.41, 5.74) is 0. The van der Waals surface area contributed by atoms with E-state index in [-0.39, 0.29) is 48.6 Å². The second kappa shape index (κ2) is 4.76. The third kappa shape index (κ3) is 2.19. The smallest absolute Gasteiger partial charge is 1.00 e. The summed E-state index contributed by atoms with van der Waals surface area (Å²) in [5.74, 6) is 0. The number of hydrogen-bond donors (Lipinski definition) is 2. The minimum absolute atomic E-state index is 0. The van der Waals surface area contributed by atoms with Crippen LogP contribution >= 0.6 is 0 Å². The summed E-state index contributed by atoms with van der Waals surface area (Å²) in [6, 6.07) is -0.173. The zero-order chi connectivity index (χ0) is 7.56. The van der Waals surface area contributed by atoms with Crippen molar-refractivity contribution in [3.8, 4) is 0 Å². The summed E-state index contributed by atoms with van der Waals surface area (Å²) < 4.78 is 0. The van der Waals surface area contributed by atoms with E-state index in [1.165, 1.54) is 5.01 Å². The Morgan fingerprint density at radius 2 is 2.45 bits per heavy atom. The Bertz CT molecular complexity index is 156. The molecule has 7 heteroatoms. The van der Waals surface area contributed by atoms with Crippen molar-refractivity contribution < 1.29 is 46.3 Å². The van der Waals surface area contributed by atoms with Gasteiger partial charge in [0.15, 0.2) is 0 Å². The van der Waals surface area contributed by atoms with Crippen LogP contribution in [0.25, 0.3) is 0 Å². The first-order valence-electron chi connectivity index (χ1n) is 2.99. The van der Waals surface area contributed by atoms with Crippen LogP contribution in [-0.2, 0) is 0 Å². The quantitative estimate of drug-likeness (QED) is 0.195. The average molecular weight is 171 g/mol. The molecule has 0 radical (unpaired) electrons. The number of aliphatic hydroxyl groups is 1. The number of aliphatic hydroxyl groups excluding tert-OH is 1. The van der Waals surface area contributed by atoms with E-state index in [0.29, 0.717) is 6.54 Å². The largest absolute Gasteiger partial charge is 1.00 e. The minimum atomic E-state index is -0.173. The van der Waals surface area contributed by atoms with Crippen LogP contribution in [0.4, 0.5) is 0 Å². The minimum Gasteiger partial charge on any atom is -1.00 e. The normalized spacial score (nSPS) is 23.9. The third-order valence-corrected chi connectivity index (χ3v) is 1.62. The van der Waals surface area contributed by atoms with E-state index in [1.807, 2.05) is 0 Å². The fourth-order valence-electron chi connectivity index (χ4n) is 0.889. The monoisotopic (exact) mass is 171 g/mol. The van der Waals surface area contributed by atoms with Crippen molar-refractivity contribution in [1.29, 1.82) is 0 Å². The summed E-state index contributed by atoms with van der Waals surface area (Å²) in [4.78, 5) is 0.0877. The first kappa shape index (κ1) is 11.0. The predicted molar refractivity (Wildman–Crippen MR) is 31.2 cm³/mol. The molecule has 60 valence electrons. The molecular formula is C4H10N3NaO3. The number of hydrogen-bond acceptors (Lipinski definition) is 3. The Morgan fingerprint density at radius 3 is 2.73 bits per heavy atom. The topological polar surface area (TPSA) is 82.1 Å². The van der Waals surface area contributed by atoms with Crippen LogP contribution < -0.4 is 29.6 Å². The summed E-state index contributed by atoms with van der Waals surface area (Å²) in [6.07, 6.45) is 0.769. The molecule has 0 aromatic heterocycles. The molecule has 0 saturated carbocycles. The van der Waals surface area contributed by atoms with Gasteiger partial charge in [0.1, 0.15) is 6.04 Å². The van der Waals surface area contributed by atoms with E-state index >= 15 is 0 Å². The molecule has 1 rings (SSSR count). The van der Waals surface area contributed by atoms with Gasteiger partial charge in [-0.2, -0.15) is 0 Å². The van der Waals surface area contributed by atoms with Gasteiger partial charge in [0, 0.05) is 0 Å². The van der Waals surface area contributed by atoms with Crippen LogP contribution in [0, 0.1) is 5.21 Å². The van der Waals surface area contributed by atoms with Crippen molar-refractivity contribution in [3.63, 3.8) is 0 Å². The van der Waals surface area contributed by atoms with Gasteiger partial charge >= 0.3 is 29.6 Å². The molecule has 0 aromatic rings. The van der Waals surface area contributed by atoms with Gasteiger partial charge in [0.25, 0.3) is 0 Å². The molecule has 1 heterocycles. The maximum absolute atomic E-state index is 10.5. The van der Waals surface area contributed by atoms with Crippen LogP contribution in [0.2, 0.25) is 0 Å². The Balaban J connectivity index is 0. The summed E-state index contributed by atoms with van der Waals surface area (Å²) in [5, 5.41) is 30.7. The van der Waals surface area contributed by atoms with Crippen LogP contribution in [0.1, 0.15) is 7.85 Å². The number of rotatable bonds is 2. The Kier molecular flexibility index (Phi) is 4.74. The van der Waals surface area contributed by atoms with E-state index in [4.69, 9.17) is 10.3 Å². The van der Waals surface area contributed by atoms with E-state index in [2.05, 4.69) is 5.28 Å². The molecule has 1 fully saturated rings. The molecule has 1 aliphatic rings. The van der Waals surface area contributed by atoms with Crippen LogP contribution in [0.5, 0.6) is 0 Å². The maximum atomic E-state index is 10.5. The van der Waals surface area contributed by atoms with Crippen LogP contribution in [-0.4, -0.2) is 39.5 Å². The van der Waals surface area contributed by atoms with Crippen LogP contribution in [0.3, 0.4) is 0 Å². The zero-order valence-electron chi connectivity index (χ0n) is 7.34. The molecule has 1 saturated heterocycles. The number of hydrazine groups is 1. The molecular weight excluding hydrogens is 161 g/mol. The van der Waals surface area contributed by atoms with Gasteiger partial charge in [-0.1, -0.05) is 0 Å². The average Bonchev–Trinajstić information content (AvgIpc) is 1.86. The maximum Gasteiger partial charge on any atom is 1.00 e. The van der Waals surface area contributed by atoms with Gasteiger partial charge in [0.05, 0.1) is 18.1 Å². The summed E-state index contributed by atoms with van der Waals surface area (Å²) >= 11 is 0. The molecule has 0 aliphatic carbocycles. The second-order valence-electron chi connectivity index (χ2n) is 2.13. The molecule has 0 spiro atoms. The Morgan fingerprint density at radius 1 is 1.82 bits per heavy atom. The van der Waals surface area contributed by atoms with Gasteiger partial charge in [-0.3, -0.25) is 0 Å². The van der Waals surface area contributed by atoms with Crippen molar-refractivity contribution >= 4 is 0 Å². The molecule has 0 unspecified atom stereocenters. The van der Waals surface area contributed by atoms with Gasteiger partial charge in [-0.25, -0.2) is 0 Å². The van der Waals surface area contributed by atoms with Crippen LogP contribution in [0.15, 0.2) is 5.28 Å². The first-order valence-corrected chi connectivity index (χ1v) is 2.99. The molecule has 0 amide bonds. The van der Waals surface area contributed by atoms with Crippen molar-refractivity contribution in [2.24, 2.45) is 5.28 Å². The van der Waals surface area contributed by atoms with E-state index in [1.54, 1.807) is 0 Å². The van der Waals surface area contributed by atoms with Crippen molar-refractivity contribution in [3.05, 3.63) is 5.21 Å². The third-order valence-electron chi connectivity index (χ3n) is 1.62. The van der Waals surface area contributed by atoms with E-state index < -0.39 is 0 Å². The van der Waals surface area contributed by atoms with Gasteiger partial charge < -0.3 is 16.9 Å². The van der Waals surface area contributed by atoms with Gasteiger partial charge in [0.2, 0.25) is 5.28 Å². The molecule has 11 heavy (non-hydrogen) atoms. The standard InChI is InChI=1S/C4H9N3O3.Na.H/c8-3-4-1-2-6(4)7(10)5-9;;/h4,8-9H,1-3H2;;/q;+1;-1/b7-5+;;/t4-;;/m0../s1. The molecule has 1 atom stereocenters. The predicted octanol–water partition coefficient (Wildman–Crippen LogP) is -3.56. The van der Waals surface area contributed by atoms with Crippen molar-refractivity contribution in [1.82, 2.24) is 5.01 Å². The van der Waals surface area contributed by atoms with E-state index in [9.17, 15) is 5.21 Å². The molecule has 2 N–H and O–H groups in total. The van der Waals surface area contributed by atoms with Gasteiger partial charge in [-0.05, 0) is 6.42 Å². The summed E-state index contributed by atoms with van der Waals surface area (Å²) in [6.45, 7) is 0.465. The molecule has 0 aromatic carbocycles. The number of nitrogens with zero attached hydrogens (tertiary/aromatic N) is 3. The Hall–Kier alpha value is -0.0400. The molecule has 1 aliphatic heterocycles. The van der Waals surface area contributed by atoms with Crippen molar-refractivity contribution in [2.75, 3.05) is 13.2 Å². The SMILES string of the molecule is [H-].[Na+].[O-]/[N+](=N/O)N1CC[C@H]1CO. The fourth-order valence-corrected chi connectivity index (χ4v) is 0.889. The van der Waals surface area contributed by atoms with Gasteiger partial charge in [-0.15, -0.1) is 5.01 Å². The molecule has 0 bridgehead atoms. The van der Waals surface area contributed by atoms with E-state index in [0.717, 1.165) is 6.42 Å².